The van der Waals surface area contributed by atoms with E-state index in [1.54, 1.807) is 0 Å². The molecule has 0 unspecified atom stereocenters. The first kappa shape index (κ1) is 10.9. The molecule has 0 amide bonds. The molecule has 2 atom stereocenters. The lowest BCUT2D eigenvalue weighted by Crippen LogP contribution is -2.17. The Balaban J connectivity index is 2.16. The number of hydrogen-bond acceptors (Lipinski definition) is 1. The maximum Gasteiger partial charge on any atom is 0.133 e. The lowest BCUT2D eigenvalue weighted by atomic mass is 9.81. The number of hydrogen-bond donors (Lipinski definition) is 0. The van der Waals surface area contributed by atoms with Crippen LogP contribution in [0.3, 0.4) is 0 Å². The third kappa shape index (κ3) is 2.32. The molecule has 1 nitrogen and oxygen atoms in total. The molecule has 2 rings (SSSR count). The first-order valence-corrected chi connectivity index (χ1v) is 6.17. The Morgan fingerprint density at radius 2 is 2.00 bits per heavy atom. The van der Waals surface area contributed by atoms with Crippen LogP contribution in [0, 0.1) is 17.3 Å². The molecular weight excluding hydrogens is 184 g/mol. The van der Waals surface area contributed by atoms with Gasteiger partial charge in [0.15, 0.2) is 0 Å². The van der Waals surface area contributed by atoms with Crippen molar-refractivity contribution in [2.24, 2.45) is 17.3 Å². The quantitative estimate of drug-likeness (QED) is 0.552. The molecule has 2 aliphatic rings. The molecule has 2 fully saturated rings. The van der Waals surface area contributed by atoms with Crippen LogP contribution in [0.15, 0.2) is 12.2 Å². The molecule has 15 heavy (non-hydrogen) atoms. The SMILES string of the molecule is C=C1CCCC(=O)C[C@H]2CC(C)(C)C[C@@H]12. The molecule has 2 saturated carbocycles. The van der Waals surface area contributed by atoms with Crippen molar-refractivity contribution in [3.63, 3.8) is 0 Å². The summed E-state index contributed by atoms with van der Waals surface area (Å²) in [5.74, 6) is 1.71. The van der Waals surface area contributed by atoms with E-state index in [-0.39, 0.29) is 0 Å². The van der Waals surface area contributed by atoms with Crippen molar-refractivity contribution in [2.45, 2.75) is 52.4 Å². The van der Waals surface area contributed by atoms with Crippen LogP contribution in [0.25, 0.3) is 0 Å². The predicted octanol–water partition coefficient (Wildman–Crippen LogP) is 3.74. The van der Waals surface area contributed by atoms with Gasteiger partial charge in [-0.2, -0.15) is 0 Å². The summed E-state index contributed by atoms with van der Waals surface area (Å²) in [6.07, 6.45) is 6.15. The Morgan fingerprint density at radius 1 is 1.27 bits per heavy atom. The van der Waals surface area contributed by atoms with E-state index < -0.39 is 0 Å². The first-order chi connectivity index (χ1) is 6.98. The zero-order valence-electron chi connectivity index (χ0n) is 10.0. The second kappa shape index (κ2) is 3.77. The number of carbonyl (C=O) groups is 1. The molecule has 0 aromatic heterocycles. The highest BCUT2D eigenvalue weighted by atomic mass is 16.1. The minimum atomic E-state index is 0.420. The molecular formula is C14H22O. The van der Waals surface area contributed by atoms with E-state index in [1.807, 2.05) is 0 Å². The Hall–Kier alpha value is -0.590. The summed E-state index contributed by atoms with van der Waals surface area (Å²) in [7, 11) is 0. The van der Waals surface area contributed by atoms with Crippen molar-refractivity contribution in [3.8, 4) is 0 Å². The average molecular weight is 206 g/mol. The van der Waals surface area contributed by atoms with E-state index in [0.717, 1.165) is 25.7 Å². The molecule has 0 aliphatic heterocycles. The summed E-state index contributed by atoms with van der Waals surface area (Å²) in [6, 6.07) is 0. The lowest BCUT2D eigenvalue weighted by Gasteiger charge is -2.24. The topological polar surface area (TPSA) is 17.1 Å². The number of allylic oxidation sites excluding steroid dienone is 1. The summed E-state index contributed by atoms with van der Waals surface area (Å²) in [6.45, 7) is 8.90. The van der Waals surface area contributed by atoms with Crippen molar-refractivity contribution in [1.29, 1.82) is 0 Å². The molecule has 0 aromatic carbocycles. The van der Waals surface area contributed by atoms with Crippen LogP contribution in [-0.2, 0) is 4.79 Å². The van der Waals surface area contributed by atoms with Crippen LogP contribution < -0.4 is 0 Å². The van der Waals surface area contributed by atoms with Gasteiger partial charge in [-0.05, 0) is 42.9 Å². The summed E-state index contributed by atoms with van der Waals surface area (Å²) < 4.78 is 0. The first-order valence-electron chi connectivity index (χ1n) is 6.17. The fraction of sp³-hybridized carbons (Fsp3) is 0.786. The van der Waals surface area contributed by atoms with E-state index in [9.17, 15) is 4.79 Å². The number of Topliss-reactive ketones (excluding diaryl/α,β-unsaturated/α-hetero) is 1. The number of ketones is 1. The van der Waals surface area contributed by atoms with E-state index in [4.69, 9.17) is 0 Å². The predicted molar refractivity (Wildman–Crippen MR) is 62.6 cm³/mol. The zero-order valence-corrected chi connectivity index (χ0v) is 10.0. The number of rotatable bonds is 0. The van der Waals surface area contributed by atoms with Crippen LogP contribution in [-0.4, -0.2) is 5.78 Å². The van der Waals surface area contributed by atoms with Gasteiger partial charge in [0.25, 0.3) is 0 Å². The Morgan fingerprint density at radius 3 is 2.73 bits per heavy atom. The van der Waals surface area contributed by atoms with Crippen LogP contribution in [0.1, 0.15) is 52.4 Å². The molecule has 0 radical (unpaired) electrons. The Kier molecular flexibility index (Phi) is 2.74. The average Bonchev–Trinajstić information content (AvgIpc) is 2.39. The van der Waals surface area contributed by atoms with Gasteiger partial charge in [0.05, 0.1) is 0 Å². The zero-order chi connectivity index (χ0) is 11.1. The lowest BCUT2D eigenvalue weighted by molar-refractivity contribution is -0.120. The maximum atomic E-state index is 11.7. The van der Waals surface area contributed by atoms with Crippen molar-refractivity contribution < 1.29 is 4.79 Å². The van der Waals surface area contributed by atoms with Crippen LogP contribution >= 0.6 is 0 Å². The van der Waals surface area contributed by atoms with Gasteiger partial charge < -0.3 is 0 Å². The third-order valence-corrected chi connectivity index (χ3v) is 4.12. The monoisotopic (exact) mass is 206 g/mol. The summed E-state index contributed by atoms with van der Waals surface area (Å²) in [5, 5.41) is 0. The van der Waals surface area contributed by atoms with Crippen molar-refractivity contribution in [3.05, 3.63) is 12.2 Å². The highest BCUT2D eigenvalue weighted by Crippen LogP contribution is 2.50. The molecule has 0 N–H and O–H groups in total. The molecule has 0 bridgehead atoms. The van der Waals surface area contributed by atoms with Crippen molar-refractivity contribution in [2.75, 3.05) is 0 Å². The second-order valence-corrected chi connectivity index (χ2v) is 6.19. The normalized spacial score (nSPS) is 35.9. The van der Waals surface area contributed by atoms with E-state index in [2.05, 4.69) is 20.4 Å². The minimum absolute atomic E-state index is 0.420. The van der Waals surface area contributed by atoms with Gasteiger partial charge in [0, 0.05) is 12.8 Å². The van der Waals surface area contributed by atoms with Crippen molar-refractivity contribution >= 4 is 5.78 Å². The molecule has 1 heteroatoms. The Bertz CT molecular complexity index is 288. The van der Waals surface area contributed by atoms with Gasteiger partial charge in [0.2, 0.25) is 0 Å². The third-order valence-electron chi connectivity index (χ3n) is 4.12. The van der Waals surface area contributed by atoms with E-state index in [0.29, 0.717) is 23.0 Å². The number of fused-ring (bicyclic) bond motifs is 1. The summed E-state index contributed by atoms with van der Waals surface area (Å²) in [5.41, 5.74) is 1.83. The van der Waals surface area contributed by atoms with Gasteiger partial charge >= 0.3 is 0 Å². The molecule has 84 valence electrons. The highest BCUT2D eigenvalue weighted by molar-refractivity contribution is 5.78. The number of carbonyl (C=O) groups excluding carboxylic acids is 1. The Labute approximate surface area is 92.9 Å². The van der Waals surface area contributed by atoms with Gasteiger partial charge in [-0.15, -0.1) is 0 Å². The van der Waals surface area contributed by atoms with Gasteiger partial charge in [-0.3, -0.25) is 4.79 Å². The maximum absolute atomic E-state index is 11.7. The van der Waals surface area contributed by atoms with Gasteiger partial charge in [0.1, 0.15) is 5.78 Å². The van der Waals surface area contributed by atoms with Crippen LogP contribution in [0.4, 0.5) is 0 Å². The molecule has 2 aliphatic carbocycles. The molecule has 0 heterocycles. The second-order valence-electron chi connectivity index (χ2n) is 6.19. The molecule has 0 aromatic rings. The van der Waals surface area contributed by atoms with Gasteiger partial charge in [-0.1, -0.05) is 26.0 Å². The molecule has 0 saturated heterocycles. The largest absolute Gasteiger partial charge is 0.300 e. The van der Waals surface area contributed by atoms with Crippen LogP contribution in [0.5, 0.6) is 0 Å². The van der Waals surface area contributed by atoms with E-state index in [1.165, 1.54) is 18.4 Å². The van der Waals surface area contributed by atoms with Crippen LogP contribution in [0.2, 0.25) is 0 Å². The molecule has 0 spiro atoms. The standard InChI is InChI=1S/C14H22O/c1-10-5-4-6-12(15)7-11-8-14(2,3)9-13(10)11/h11,13H,1,4-9H2,2-3H3/t11-,13-/m0/s1. The smallest absolute Gasteiger partial charge is 0.133 e. The van der Waals surface area contributed by atoms with Gasteiger partial charge in [-0.25, -0.2) is 0 Å². The highest BCUT2D eigenvalue weighted by Gasteiger charge is 2.41. The summed E-state index contributed by atoms with van der Waals surface area (Å²) >= 11 is 0. The summed E-state index contributed by atoms with van der Waals surface area (Å²) in [4.78, 5) is 11.7. The minimum Gasteiger partial charge on any atom is -0.300 e. The van der Waals surface area contributed by atoms with Crippen molar-refractivity contribution in [1.82, 2.24) is 0 Å². The fourth-order valence-corrected chi connectivity index (χ4v) is 3.48. The van der Waals surface area contributed by atoms with E-state index >= 15 is 0 Å². The fourth-order valence-electron chi connectivity index (χ4n) is 3.48.